The summed E-state index contributed by atoms with van der Waals surface area (Å²) in [4.78, 5) is 10.6. The molecule has 0 aliphatic carbocycles. The summed E-state index contributed by atoms with van der Waals surface area (Å²) in [7, 11) is 0. The lowest BCUT2D eigenvalue weighted by molar-refractivity contribution is -0.129. The minimum atomic E-state index is 0.285. The van der Waals surface area contributed by atoms with Gasteiger partial charge in [-0.2, -0.15) is 0 Å². The third-order valence-corrected chi connectivity index (χ3v) is 1.82. The van der Waals surface area contributed by atoms with Crippen LogP contribution in [0.2, 0.25) is 0 Å². The van der Waals surface area contributed by atoms with E-state index in [9.17, 15) is 4.79 Å². The molecule has 5 heteroatoms. The van der Waals surface area contributed by atoms with Gasteiger partial charge in [0.25, 0.3) is 6.47 Å². The number of hydrogen-bond donors (Lipinski definition) is 0. The van der Waals surface area contributed by atoms with Gasteiger partial charge in [-0.3, -0.25) is 4.79 Å². The molecule has 54 valence electrons. The van der Waals surface area contributed by atoms with Crippen molar-refractivity contribution in [1.82, 2.24) is 9.59 Å². The van der Waals surface area contributed by atoms with Crippen molar-refractivity contribution in [2.24, 2.45) is 0 Å². The van der Waals surface area contributed by atoms with E-state index in [1.807, 2.05) is 6.92 Å². The smallest absolute Gasteiger partial charge is 0.293 e. The Morgan fingerprint density at radius 3 is 3.10 bits per heavy atom. The van der Waals surface area contributed by atoms with Gasteiger partial charge in [-0.15, -0.1) is 5.10 Å². The molecule has 1 heterocycles. The summed E-state index contributed by atoms with van der Waals surface area (Å²) in [6.07, 6.45) is 0. The fraction of sp³-hybridized carbons (Fsp3) is 0.400. The van der Waals surface area contributed by atoms with E-state index in [4.69, 9.17) is 0 Å². The maximum atomic E-state index is 9.75. The van der Waals surface area contributed by atoms with Gasteiger partial charge in [-0.25, -0.2) is 0 Å². The van der Waals surface area contributed by atoms with Gasteiger partial charge in [0.15, 0.2) is 0 Å². The second kappa shape index (κ2) is 3.26. The first-order valence-electron chi connectivity index (χ1n) is 2.67. The van der Waals surface area contributed by atoms with Crippen LogP contribution in [0.15, 0.2) is 0 Å². The summed E-state index contributed by atoms with van der Waals surface area (Å²) in [5.41, 5.74) is 0.826. The maximum Gasteiger partial charge on any atom is 0.293 e. The van der Waals surface area contributed by atoms with Crippen LogP contribution in [0.25, 0.3) is 0 Å². The average Bonchev–Trinajstić information content (AvgIpc) is 2.31. The Morgan fingerprint density at radius 1 is 1.80 bits per heavy atom. The van der Waals surface area contributed by atoms with E-state index >= 15 is 0 Å². The molecule has 0 atom stereocenters. The summed E-state index contributed by atoms with van der Waals surface area (Å²) < 4.78 is 8.18. The fourth-order valence-corrected chi connectivity index (χ4v) is 1.05. The van der Waals surface area contributed by atoms with Gasteiger partial charge in [0.1, 0.15) is 6.61 Å². The highest BCUT2D eigenvalue weighted by Gasteiger charge is 2.01. The van der Waals surface area contributed by atoms with Crippen LogP contribution in [-0.4, -0.2) is 16.1 Å². The number of aryl methyl sites for hydroxylation is 1. The Balaban J connectivity index is 2.56. The van der Waals surface area contributed by atoms with E-state index < -0.39 is 0 Å². The third kappa shape index (κ3) is 1.51. The lowest BCUT2D eigenvalue weighted by Crippen LogP contribution is -1.88. The standard InChI is InChI=1S/C5H6N2O2S/c1-4-5(2-9-3-8)10-7-6-4/h3H,2H2,1H3. The van der Waals surface area contributed by atoms with Crippen LogP contribution in [0.5, 0.6) is 0 Å². The Labute approximate surface area is 62.0 Å². The number of carbonyl (C=O) groups is 1. The average molecular weight is 158 g/mol. The predicted octanol–water partition coefficient (Wildman–Crippen LogP) is 0.520. The Hall–Kier alpha value is -0.970. The molecule has 0 saturated carbocycles. The maximum absolute atomic E-state index is 9.75. The van der Waals surface area contributed by atoms with Crippen molar-refractivity contribution in [3.8, 4) is 0 Å². The third-order valence-electron chi connectivity index (χ3n) is 1.03. The second-order valence-electron chi connectivity index (χ2n) is 1.69. The van der Waals surface area contributed by atoms with Gasteiger partial charge >= 0.3 is 0 Å². The molecule has 1 rings (SSSR count). The number of nitrogens with zero attached hydrogens (tertiary/aromatic N) is 2. The molecule has 0 radical (unpaired) electrons. The second-order valence-corrected chi connectivity index (χ2v) is 2.53. The molecule has 0 amide bonds. The molecule has 10 heavy (non-hydrogen) atoms. The number of rotatable bonds is 3. The number of aromatic nitrogens is 2. The van der Waals surface area contributed by atoms with Crippen molar-refractivity contribution in [3.05, 3.63) is 10.6 Å². The van der Waals surface area contributed by atoms with Crippen molar-refractivity contribution in [1.29, 1.82) is 0 Å². The van der Waals surface area contributed by atoms with Gasteiger partial charge in [0.2, 0.25) is 0 Å². The molecule has 0 unspecified atom stereocenters. The summed E-state index contributed by atoms with van der Waals surface area (Å²) in [6.45, 7) is 2.53. The molecule has 0 bridgehead atoms. The summed E-state index contributed by atoms with van der Waals surface area (Å²) in [6, 6.07) is 0. The minimum Gasteiger partial charge on any atom is -0.462 e. The van der Waals surface area contributed by atoms with Crippen LogP contribution in [0.1, 0.15) is 10.6 Å². The molecule has 0 aliphatic heterocycles. The largest absolute Gasteiger partial charge is 0.462 e. The van der Waals surface area contributed by atoms with Crippen molar-refractivity contribution in [3.63, 3.8) is 0 Å². The first kappa shape index (κ1) is 7.14. The van der Waals surface area contributed by atoms with Crippen LogP contribution in [0, 0.1) is 6.92 Å². The highest BCUT2D eigenvalue weighted by molar-refractivity contribution is 7.05. The lowest BCUT2D eigenvalue weighted by Gasteiger charge is -1.91. The van der Waals surface area contributed by atoms with Crippen LogP contribution in [-0.2, 0) is 16.1 Å². The number of hydrogen-bond acceptors (Lipinski definition) is 5. The van der Waals surface area contributed by atoms with Crippen LogP contribution < -0.4 is 0 Å². The summed E-state index contributed by atoms with van der Waals surface area (Å²) in [5, 5.41) is 3.74. The van der Waals surface area contributed by atoms with Crippen molar-refractivity contribution in [2.75, 3.05) is 0 Å². The van der Waals surface area contributed by atoms with Gasteiger partial charge in [-0.05, 0) is 18.5 Å². The molecule has 0 aliphatic rings. The quantitative estimate of drug-likeness (QED) is 0.602. The van der Waals surface area contributed by atoms with Crippen LogP contribution in [0.3, 0.4) is 0 Å². The normalized spacial score (nSPS) is 9.30. The van der Waals surface area contributed by atoms with Crippen molar-refractivity contribution in [2.45, 2.75) is 13.5 Å². The summed E-state index contributed by atoms with van der Waals surface area (Å²) in [5.74, 6) is 0. The lowest BCUT2D eigenvalue weighted by atomic mass is 10.4. The zero-order valence-corrected chi connectivity index (χ0v) is 6.22. The molecule has 0 aromatic carbocycles. The van der Waals surface area contributed by atoms with Gasteiger partial charge < -0.3 is 4.74 Å². The number of carbonyl (C=O) groups excluding carboxylic acids is 1. The van der Waals surface area contributed by atoms with Crippen molar-refractivity contribution >= 4 is 18.0 Å². The monoisotopic (exact) mass is 158 g/mol. The molecule has 0 saturated heterocycles. The SMILES string of the molecule is Cc1nnsc1COC=O. The molecule has 1 aromatic rings. The van der Waals surface area contributed by atoms with Gasteiger partial charge in [0.05, 0.1) is 10.6 Å². The van der Waals surface area contributed by atoms with E-state index in [1.54, 1.807) is 0 Å². The topological polar surface area (TPSA) is 52.1 Å². The first-order chi connectivity index (χ1) is 4.84. The van der Waals surface area contributed by atoms with E-state index in [2.05, 4.69) is 14.3 Å². The predicted molar refractivity (Wildman–Crippen MR) is 35.5 cm³/mol. The fourth-order valence-electron chi connectivity index (χ4n) is 0.493. The molecule has 1 aromatic heterocycles. The Kier molecular flexibility index (Phi) is 2.33. The van der Waals surface area contributed by atoms with Gasteiger partial charge in [-0.1, -0.05) is 4.49 Å². The molecular formula is C5H6N2O2S. The number of ether oxygens (including phenoxy) is 1. The van der Waals surface area contributed by atoms with E-state index in [0.29, 0.717) is 6.47 Å². The van der Waals surface area contributed by atoms with Gasteiger partial charge in [0, 0.05) is 0 Å². The summed E-state index contributed by atoms with van der Waals surface area (Å²) >= 11 is 1.24. The Morgan fingerprint density at radius 2 is 2.60 bits per heavy atom. The van der Waals surface area contributed by atoms with Crippen LogP contribution in [0.4, 0.5) is 0 Å². The van der Waals surface area contributed by atoms with E-state index in [1.165, 1.54) is 11.5 Å². The molecule has 0 fully saturated rings. The molecule has 0 N–H and O–H groups in total. The van der Waals surface area contributed by atoms with E-state index in [-0.39, 0.29) is 6.61 Å². The highest BCUT2D eigenvalue weighted by atomic mass is 32.1. The zero-order chi connectivity index (χ0) is 7.40. The minimum absolute atomic E-state index is 0.285. The molecule has 4 nitrogen and oxygen atoms in total. The molecular weight excluding hydrogens is 152 g/mol. The first-order valence-corrected chi connectivity index (χ1v) is 3.45. The van der Waals surface area contributed by atoms with Crippen molar-refractivity contribution < 1.29 is 9.53 Å². The van der Waals surface area contributed by atoms with Crippen LogP contribution >= 0.6 is 11.5 Å². The highest BCUT2D eigenvalue weighted by Crippen LogP contribution is 2.09. The van der Waals surface area contributed by atoms with E-state index in [0.717, 1.165) is 10.6 Å². The molecule has 0 spiro atoms. The zero-order valence-electron chi connectivity index (χ0n) is 5.40. The Bertz CT molecular complexity index is 223.